The molecule has 0 unspecified atom stereocenters. The summed E-state index contributed by atoms with van der Waals surface area (Å²) in [5.41, 5.74) is 4.98. The fourth-order valence-corrected chi connectivity index (χ4v) is 0.806. The number of hydrogen-bond acceptors (Lipinski definition) is 2. The van der Waals surface area contributed by atoms with Gasteiger partial charge < -0.3 is 0 Å². The fourth-order valence-electron chi connectivity index (χ4n) is 0.806. The highest BCUT2D eigenvalue weighted by Gasteiger charge is 2.02. The summed E-state index contributed by atoms with van der Waals surface area (Å²) in [6.45, 7) is 1.32. The van der Waals surface area contributed by atoms with E-state index in [9.17, 15) is 9.59 Å². The fraction of sp³-hybridized carbons (Fsp3) is 0.111. The van der Waals surface area contributed by atoms with E-state index in [2.05, 4.69) is 10.9 Å². The average molecular weight is 178 g/mol. The van der Waals surface area contributed by atoms with Gasteiger partial charge in [0.1, 0.15) is 0 Å². The maximum atomic E-state index is 11.2. The van der Waals surface area contributed by atoms with E-state index in [1.807, 2.05) is 6.07 Å². The summed E-state index contributed by atoms with van der Waals surface area (Å²) >= 11 is 0. The largest absolute Gasteiger partial charge is 0.274 e. The second-order valence-electron chi connectivity index (χ2n) is 2.50. The Morgan fingerprint density at radius 3 is 2.23 bits per heavy atom. The lowest BCUT2D eigenvalue weighted by molar-refractivity contribution is -0.119. The van der Waals surface area contributed by atoms with Crippen molar-refractivity contribution >= 4 is 11.8 Å². The summed E-state index contributed by atoms with van der Waals surface area (Å²) in [5, 5.41) is 0. The van der Waals surface area contributed by atoms with E-state index in [1.165, 1.54) is 6.92 Å². The highest BCUT2D eigenvalue weighted by molar-refractivity contribution is 5.95. The van der Waals surface area contributed by atoms with Crippen LogP contribution in [0.3, 0.4) is 0 Å². The van der Waals surface area contributed by atoms with E-state index >= 15 is 0 Å². The lowest BCUT2D eigenvalue weighted by Gasteiger charge is -2.03. The molecule has 0 spiro atoms. The number of hydrazine groups is 1. The molecule has 0 radical (unpaired) electrons. The van der Waals surface area contributed by atoms with Crippen molar-refractivity contribution in [3.63, 3.8) is 0 Å². The number of rotatable bonds is 1. The van der Waals surface area contributed by atoms with Gasteiger partial charge in [-0.15, -0.1) is 0 Å². The normalized spacial score (nSPS) is 9.00. The zero-order valence-electron chi connectivity index (χ0n) is 7.20. The second-order valence-corrected chi connectivity index (χ2v) is 2.50. The third kappa shape index (κ3) is 2.94. The number of hydrogen-bond donors (Lipinski definition) is 2. The summed E-state index contributed by atoms with van der Waals surface area (Å²) in [6, 6.07) is 8.65. The summed E-state index contributed by atoms with van der Waals surface area (Å²) in [5.74, 6) is -0.625. The lowest BCUT2D eigenvalue weighted by atomic mass is 10.2. The van der Waals surface area contributed by atoms with Crippen molar-refractivity contribution in [1.29, 1.82) is 0 Å². The highest BCUT2D eigenvalue weighted by Crippen LogP contribution is 1.96. The van der Waals surface area contributed by atoms with Crippen molar-refractivity contribution in [2.24, 2.45) is 0 Å². The molecule has 1 aromatic carbocycles. The van der Waals surface area contributed by atoms with Crippen molar-refractivity contribution < 1.29 is 9.59 Å². The van der Waals surface area contributed by atoms with Crippen molar-refractivity contribution in [2.75, 3.05) is 0 Å². The highest BCUT2D eigenvalue weighted by atomic mass is 16.2. The van der Waals surface area contributed by atoms with Gasteiger partial charge in [0, 0.05) is 12.5 Å². The van der Waals surface area contributed by atoms with Crippen LogP contribution in [-0.2, 0) is 4.79 Å². The van der Waals surface area contributed by atoms with Gasteiger partial charge in [0.05, 0.1) is 0 Å². The summed E-state index contributed by atoms with van der Waals surface area (Å²) in [6.07, 6.45) is 0. The molecule has 0 aromatic heterocycles. The van der Waals surface area contributed by atoms with Crippen LogP contribution < -0.4 is 10.9 Å². The standard InChI is InChI=1S/C9H10N2O2/c1-7(12)10-11-9(13)8-5-3-2-4-6-8/h2-6H,1H3,(H,10,12)(H,11,13). The van der Waals surface area contributed by atoms with Crippen molar-refractivity contribution in [1.82, 2.24) is 10.9 Å². The van der Waals surface area contributed by atoms with Gasteiger partial charge in [-0.2, -0.15) is 0 Å². The molecule has 2 amide bonds. The predicted octanol–water partition coefficient (Wildman–Crippen LogP) is 0.467. The summed E-state index contributed by atoms with van der Waals surface area (Å²) in [4.78, 5) is 21.7. The Morgan fingerprint density at radius 1 is 1.08 bits per heavy atom. The molecule has 4 heteroatoms. The maximum absolute atomic E-state index is 11.2. The van der Waals surface area contributed by atoms with E-state index in [-0.39, 0.29) is 11.8 Å². The predicted molar refractivity (Wildman–Crippen MR) is 47.7 cm³/mol. The minimum atomic E-state index is -0.323. The molecule has 0 aliphatic heterocycles. The van der Waals surface area contributed by atoms with Gasteiger partial charge in [-0.1, -0.05) is 18.2 Å². The molecule has 0 aliphatic carbocycles. The Kier molecular flexibility index (Phi) is 3.03. The van der Waals surface area contributed by atoms with Crippen LogP contribution >= 0.6 is 0 Å². The van der Waals surface area contributed by atoms with Gasteiger partial charge in [0.2, 0.25) is 5.91 Å². The molecule has 1 rings (SSSR count). The summed E-state index contributed by atoms with van der Waals surface area (Å²) < 4.78 is 0. The van der Waals surface area contributed by atoms with Gasteiger partial charge >= 0.3 is 0 Å². The zero-order valence-corrected chi connectivity index (χ0v) is 7.20. The number of nitrogens with one attached hydrogen (secondary N) is 2. The quantitative estimate of drug-likeness (QED) is 0.614. The van der Waals surface area contributed by atoms with Crippen LogP contribution in [0.4, 0.5) is 0 Å². The lowest BCUT2D eigenvalue weighted by Crippen LogP contribution is -2.40. The molecule has 0 heterocycles. The Bertz CT molecular complexity index is 309. The average Bonchev–Trinajstić information content (AvgIpc) is 2.15. The first-order valence-corrected chi connectivity index (χ1v) is 3.82. The molecule has 0 aliphatic rings. The van der Waals surface area contributed by atoms with E-state index in [1.54, 1.807) is 24.3 Å². The van der Waals surface area contributed by atoms with Crippen LogP contribution in [0.1, 0.15) is 17.3 Å². The maximum Gasteiger partial charge on any atom is 0.269 e. The Hall–Kier alpha value is -1.84. The molecule has 1 aromatic rings. The zero-order chi connectivity index (χ0) is 9.68. The first-order valence-electron chi connectivity index (χ1n) is 3.82. The topological polar surface area (TPSA) is 58.2 Å². The van der Waals surface area contributed by atoms with Gasteiger partial charge in [-0.05, 0) is 12.1 Å². The molecule has 4 nitrogen and oxygen atoms in total. The first-order chi connectivity index (χ1) is 6.20. The van der Waals surface area contributed by atoms with Crippen LogP contribution in [0.2, 0.25) is 0 Å². The third-order valence-corrected chi connectivity index (χ3v) is 1.39. The van der Waals surface area contributed by atoms with Crippen LogP contribution in [0.5, 0.6) is 0 Å². The third-order valence-electron chi connectivity index (χ3n) is 1.39. The van der Waals surface area contributed by atoms with Crippen molar-refractivity contribution in [3.8, 4) is 0 Å². The summed E-state index contributed by atoms with van der Waals surface area (Å²) in [7, 11) is 0. The van der Waals surface area contributed by atoms with Gasteiger partial charge in [0.25, 0.3) is 5.91 Å². The van der Waals surface area contributed by atoms with E-state index in [4.69, 9.17) is 0 Å². The SMILES string of the molecule is CC(=O)NNC(=O)c1ccccc1. The Balaban J connectivity index is 2.54. The molecular weight excluding hydrogens is 168 g/mol. The van der Waals surface area contributed by atoms with Crippen LogP contribution in [0.25, 0.3) is 0 Å². The van der Waals surface area contributed by atoms with E-state index in [0.717, 1.165) is 0 Å². The molecular formula is C9H10N2O2. The van der Waals surface area contributed by atoms with Crippen LogP contribution in [0, 0.1) is 0 Å². The van der Waals surface area contributed by atoms with E-state index < -0.39 is 0 Å². The molecule has 0 bridgehead atoms. The molecule has 68 valence electrons. The molecule has 2 N–H and O–H groups in total. The van der Waals surface area contributed by atoms with Crippen LogP contribution in [0.15, 0.2) is 30.3 Å². The minimum Gasteiger partial charge on any atom is -0.274 e. The monoisotopic (exact) mass is 178 g/mol. The number of amides is 2. The van der Waals surface area contributed by atoms with Gasteiger partial charge in [-0.25, -0.2) is 0 Å². The first kappa shape index (κ1) is 9.25. The number of carbonyl (C=O) groups is 2. The molecule has 0 saturated carbocycles. The Morgan fingerprint density at radius 2 is 1.69 bits per heavy atom. The Labute approximate surface area is 75.9 Å². The van der Waals surface area contributed by atoms with Crippen molar-refractivity contribution in [2.45, 2.75) is 6.92 Å². The van der Waals surface area contributed by atoms with Crippen LogP contribution in [-0.4, -0.2) is 11.8 Å². The minimum absolute atomic E-state index is 0.302. The number of carbonyl (C=O) groups excluding carboxylic acids is 2. The van der Waals surface area contributed by atoms with Gasteiger partial charge in [0.15, 0.2) is 0 Å². The van der Waals surface area contributed by atoms with Gasteiger partial charge in [-0.3, -0.25) is 20.4 Å². The smallest absolute Gasteiger partial charge is 0.269 e. The molecule has 0 saturated heterocycles. The number of benzene rings is 1. The van der Waals surface area contributed by atoms with E-state index in [0.29, 0.717) is 5.56 Å². The molecule has 0 fully saturated rings. The second kappa shape index (κ2) is 4.25. The molecule has 0 atom stereocenters. The van der Waals surface area contributed by atoms with Crippen molar-refractivity contribution in [3.05, 3.63) is 35.9 Å². The molecule has 13 heavy (non-hydrogen) atoms.